The van der Waals surface area contributed by atoms with E-state index >= 15 is 0 Å². The van der Waals surface area contributed by atoms with Crippen molar-refractivity contribution < 1.29 is 14.3 Å². The van der Waals surface area contributed by atoms with Gasteiger partial charge in [-0.2, -0.15) is 0 Å². The smallest absolute Gasteiger partial charge is 0.261 e. The molecule has 0 unspecified atom stereocenters. The van der Waals surface area contributed by atoms with Crippen LogP contribution in [0, 0.1) is 0 Å². The molecule has 4 heteroatoms. The van der Waals surface area contributed by atoms with Crippen molar-refractivity contribution in [2.75, 3.05) is 14.2 Å². The predicted molar refractivity (Wildman–Crippen MR) is 66.9 cm³/mol. The fourth-order valence-electron chi connectivity index (χ4n) is 2.37. The summed E-state index contributed by atoms with van der Waals surface area (Å²) in [5, 5.41) is 1.48. The van der Waals surface area contributed by atoms with Crippen molar-refractivity contribution in [3.05, 3.63) is 41.5 Å². The molecule has 0 saturated heterocycles. The highest BCUT2D eigenvalue weighted by molar-refractivity contribution is 6.25. The molecule has 0 N–H and O–H groups in total. The van der Waals surface area contributed by atoms with Gasteiger partial charge in [-0.25, -0.2) is 0 Å². The average molecular weight is 241 g/mol. The molecule has 1 heterocycles. The van der Waals surface area contributed by atoms with Crippen LogP contribution in [0.15, 0.2) is 30.3 Å². The fourth-order valence-corrected chi connectivity index (χ4v) is 2.37. The van der Waals surface area contributed by atoms with Gasteiger partial charge in [0.05, 0.1) is 7.11 Å². The molecule has 4 nitrogen and oxygen atoms in total. The Morgan fingerprint density at radius 3 is 2.33 bits per heavy atom. The summed E-state index contributed by atoms with van der Waals surface area (Å²) in [6.45, 7) is 0. The third kappa shape index (κ3) is 1.20. The lowest BCUT2D eigenvalue weighted by molar-refractivity contribution is 0.0650. The molecule has 0 atom stereocenters. The maximum Gasteiger partial charge on any atom is 0.261 e. The molecule has 3 rings (SSSR count). The molecule has 1 aliphatic rings. The van der Waals surface area contributed by atoms with Gasteiger partial charge in [-0.3, -0.25) is 14.5 Å². The Kier molecular flexibility index (Phi) is 2.13. The second kappa shape index (κ2) is 3.57. The van der Waals surface area contributed by atoms with Crippen LogP contribution in [0.2, 0.25) is 0 Å². The summed E-state index contributed by atoms with van der Waals surface area (Å²) in [6.07, 6.45) is 0. The van der Waals surface area contributed by atoms with Crippen molar-refractivity contribution in [3.63, 3.8) is 0 Å². The van der Waals surface area contributed by atoms with Gasteiger partial charge in [0.15, 0.2) is 0 Å². The molecule has 1 aliphatic heterocycles. The molecular weight excluding hydrogens is 230 g/mol. The first kappa shape index (κ1) is 10.8. The highest BCUT2D eigenvalue weighted by Gasteiger charge is 2.30. The van der Waals surface area contributed by atoms with Crippen LogP contribution in [0.5, 0.6) is 5.75 Å². The molecule has 0 spiro atoms. The molecule has 2 amide bonds. The standard InChI is InChI=1S/C14H11NO3/c1-15-13(16)9-5-3-4-8-11(18-2)7-6-10(12(8)9)14(15)17/h3-7H,1-2H3. The third-order valence-corrected chi connectivity index (χ3v) is 3.29. The minimum Gasteiger partial charge on any atom is -0.496 e. The van der Waals surface area contributed by atoms with E-state index in [1.165, 1.54) is 7.05 Å². The van der Waals surface area contributed by atoms with Crippen LogP contribution in [-0.4, -0.2) is 30.9 Å². The number of carbonyl (C=O) groups excluding carboxylic acids is 2. The van der Waals surface area contributed by atoms with Gasteiger partial charge in [0.25, 0.3) is 11.8 Å². The third-order valence-electron chi connectivity index (χ3n) is 3.29. The molecule has 90 valence electrons. The summed E-state index contributed by atoms with van der Waals surface area (Å²) in [5.74, 6) is 0.124. The molecule has 0 saturated carbocycles. The quantitative estimate of drug-likeness (QED) is 0.718. The SMILES string of the molecule is COc1ccc2c3c(cccc13)C(=O)N(C)C2=O. The minimum atomic E-state index is -0.272. The van der Waals surface area contributed by atoms with Gasteiger partial charge in [-0.05, 0) is 18.2 Å². The van der Waals surface area contributed by atoms with Crippen LogP contribution in [0.4, 0.5) is 0 Å². The number of carbonyl (C=O) groups is 2. The summed E-state index contributed by atoms with van der Waals surface area (Å²) >= 11 is 0. The van der Waals surface area contributed by atoms with E-state index in [9.17, 15) is 9.59 Å². The largest absolute Gasteiger partial charge is 0.496 e. The van der Waals surface area contributed by atoms with Gasteiger partial charge in [-0.1, -0.05) is 12.1 Å². The van der Waals surface area contributed by atoms with Crippen molar-refractivity contribution in [1.29, 1.82) is 0 Å². The number of imide groups is 1. The molecule has 2 aromatic rings. The van der Waals surface area contributed by atoms with Crippen LogP contribution in [0.1, 0.15) is 20.7 Å². The van der Waals surface area contributed by atoms with Crippen LogP contribution in [-0.2, 0) is 0 Å². The molecule has 0 radical (unpaired) electrons. The van der Waals surface area contributed by atoms with E-state index in [1.54, 1.807) is 31.4 Å². The molecular formula is C14H11NO3. The molecule has 0 aliphatic carbocycles. The highest BCUT2D eigenvalue weighted by Crippen LogP contribution is 2.34. The van der Waals surface area contributed by atoms with Gasteiger partial charge in [-0.15, -0.1) is 0 Å². The summed E-state index contributed by atoms with van der Waals surface area (Å²) < 4.78 is 5.27. The van der Waals surface area contributed by atoms with E-state index in [0.29, 0.717) is 22.3 Å². The lowest BCUT2D eigenvalue weighted by atomic mass is 9.94. The zero-order chi connectivity index (χ0) is 12.9. The number of methoxy groups -OCH3 is 1. The fraction of sp³-hybridized carbons (Fsp3) is 0.143. The number of ether oxygens (including phenoxy) is 1. The van der Waals surface area contributed by atoms with E-state index in [0.717, 1.165) is 10.3 Å². The van der Waals surface area contributed by atoms with Crippen LogP contribution in [0.25, 0.3) is 10.8 Å². The molecule has 0 bridgehead atoms. The molecule has 0 fully saturated rings. The van der Waals surface area contributed by atoms with Crippen LogP contribution < -0.4 is 4.74 Å². The van der Waals surface area contributed by atoms with Gasteiger partial charge >= 0.3 is 0 Å². The number of benzene rings is 2. The Morgan fingerprint density at radius 2 is 1.67 bits per heavy atom. The van der Waals surface area contributed by atoms with Crippen LogP contribution in [0.3, 0.4) is 0 Å². The maximum atomic E-state index is 12.1. The summed E-state index contributed by atoms with van der Waals surface area (Å²) in [4.78, 5) is 25.3. The van der Waals surface area contributed by atoms with Gasteiger partial charge in [0, 0.05) is 28.9 Å². The van der Waals surface area contributed by atoms with E-state index in [1.807, 2.05) is 6.07 Å². The van der Waals surface area contributed by atoms with Crippen molar-refractivity contribution in [3.8, 4) is 5.75 Å². The maximum absolute atomic E-state index is 12.1. The molecule has 18 heavy (non-hydrogen) atoms. The normalized spacial score (nSPS) is 14.2. The highest BCUT2D eigenvalue weighted by atomic mass is 16.5. The summed E-state index contributed by atoms with van der Waals surface area (Å²) in [6, 6.07) is 8.84. The first-order valence-electron chi connectivity index (χ1n) is 5.57. The molecule has 2 aromatic carbocycles. The average Bonchev–Trinajstić information content (AvgIpc) is 2.41. The predicted octanol–water partition coefficient (Wildman–Crippen LogP) is 2.07. The molecule has 0 aromatic heterocycles. The Bertz CT molecular complexity index is 668. The van der Waals surface area contributed by atoms with Crippen LogP contribution >= 0.6 is 0 Å². The van der Waals surface area contributed by atoms with E-state index in [4.69, 9.17) is 4.74 Å². The van der Waals surface area contributed by atoms with E-state index in [-0.39, 0.29) is 11.8 Å². The summed E-state index contributed by atoms with van der Waals surface area (Å²) in [5.41, 5.74) is 1.09. The van der Waals surface area contributed by atoms with E-state index < -0.39 is 0 Å². The second-order valence-electron chi connectivity index (χ2n) is 4.21. The van der Waals surface area contributed by atoms with E-state index in [2.05, 4.69) is 0 Å². The van der Waals surface area contributed by atoms with Crippen molar-refractivity contribution in [1.82, 2.24) is 4.90 Å². The topological polar surface area (TPSA) is 46.6 Å². The summed E-state index contributed by atoms with van der Waals surface area (Å²) in [7, 11) is 3.07. The lowest BCUT2D eigenvalue weighted by Gasteiger charge is -2.24. The monoisotopic (exact) mass is 241 g/mol. The Balaban J connectivity index is 2.49. The zero-order valence-corrected chi connectivity index (χ0v) is 10.1. The lowest BCUT2D eigenvalue weighted by Crippen LogP contribution is -2.36. The number of rotatable bonds is 1. The van der Waals surface area contributed by atoms with Gasteiger partial charge < -0.3 is 4.74 Å². The number of hydrogen-bond acceptors (Lipinski definition) is 3. The first-order chi connectivity index (χ1) is 8.65. The Labute approximate surface area is 104 Å². The number of hydrogen-bond donors (Lipinski definition) is 0. The van der Waals surface area contributed by atoms with Crippen molar-refractivity contribution >= 4 is 22.6 Å². The number of nitrogens with zero attached hydrogens (tertiary/aromatic N) is 1. The number of amides is 2. The second-order valence-corrected chi connectivity index (χ2v) is 4.21. The van der Waals surface area contributed by atoms with Crippen molar-refractivity contribution in [2.45, 2.75) is 0 Å². The minimum absolute atomic E-state index is 0.272. The van der Waals surface area contributed by atoms with Crippen molar-refractivity contribution in [2.24, 2.45) is 0 Å². The van der Waals surface area contributed by atoms with Gasteiger partial charge in [0.2, 0.25) is 0 Å². The first-order valence-corrected chi connectivity index (χ1v) is 5.57. The Hall–Kier alpha value is -2.36. The zero-order valence-electron chi connectivity index (χ0n) is 10.1. The van der Waals surface area contributed by atoms with Gasteiger partial charge in [0.1, 0.15) is 5.75 Å². The Morgan fingerprint density at radius 1 is 1.00 bits per heavy atom.